The van der Waals surface area contributed by atoms with Crippen molar-refractivity contribution in [3.8, 4) is 0 Å². The highest BCUT2D eigenvalue weighted by molar-refractivity contribution is 6.35. The number of hydrogen-bond acceptors (Lipinski definition) is 4. The van der Waals surface area contributed by atoms with Crippen LogP contribution < -0.4 is 11.2 Å². The molecule has 0 spiro atoms. The van der Waals surface area contributed by atoms with Gasteiger partial charge in [-0.25, -0.2) is 0 Å². The smallest absolute Gasteiger partial charge is 0.189 e. The van der Waals surface area contributed by atoms with Gasteiger partial charge in [-0.05, 0) is 12.1 Å². The number of para-hydroxylation sites is 1. The molecule has 2 aromatic rings. The van der Waals surface area contributed by atoms with Crippen LogP contribution in [0.15, 0.2) is 29.1 Å². The Bertz CT molecular complexity index is 701. The zero-order chi connectivity index (χ0) is 14.8. The predicted molar refractivity (Wildman–Crippen MR) is 83.7 cm³/mol. The van der Waals surface area contributed by atoms with E-state index in [1.807, 2.05) is 0 Å². The molecule has 5 nitrogen and oxygen atoms in total. The topological polar surface area (TPSA) is 71.3 Å². The molecule has 1 aromatic heterocycles. The normalized spacial score (nSPS) is 20.0. The van der Waals surface area contributed by atoms with E-state index < -0.39 is 0 Å². The molecule has 0 aliphatic carbocycles. The van der Waals surface area contributed by atoms with Crippen LogP contribution >= 0.6 is 11.6 Å². The van der Waals surface area contributed by atoms with E-state index in [2.05, 4.69) is 9.88 Å². The predicted octanol–water partition coefficient (Wildman–Crippen LogP) is 1.34. The Kier molecular flexibility index (Phi) is 4.26. The van der Waals surface area contributed by atoms with Gasteiger partial charge in [0.2, 0.25) is 0 Å². The maximum absolute atomic E-state index is 12.2. The van der Waals surface area contributed by atoms with Crippen molar-refractivity contribution in [3.63, 3.8) is 0 Å². The number of ether oxygens (including phenoxy) is 1. The number of nitrogens with one attached hydrogen (secondary N) is 1. The van der Waals surface area contributed by atoms with Crippen LogP contribution in [-0.2, 0) is 11.3 Å². The number of nitrogens with two attached hydrogens (primary N) is 1. The zero-order valence-corrected chi connectivity index (χ0v) is 12.4. The summed E-state index contributed by atoms with van der Waals surface area (Å²) in [6.45, 7) is 3.45. The summed E-state index contributed by atoms with van der Waals surface area (Å²) in [6, 6.07) is 6.99. The van der Waals surface area contributed by atoms with Crippen molar-refractivity contribution in [1.29, 1.82) is 0 Å². The Labute approximate surface area is 127 Å². The van der Waals surface area contributed by atoms with Crippen molar-refractivity contribution in [3.05, 3.63) is 45.2 Å². The second-order valence-corrected chi connectivity index (χ2v) is 5.69. The number of pyridine rings is 1. The van der Waals surface area contributed by atoms with Crippen LogP contribution in [0.5, 0.6) is 0 Å². The third-order valence-corrected chi connectivity index (χ3v) is 4.06. The van der Waals surface area contributed by atoms with E-state index in [1.165, 1.54) is 0 Å². The fourth-order valence-corrected chi connectivity index (χ4v) is 2.90. The molecular formula is C15H18ClN3O2. The molecule has 0 bridgehead atoms. The van der Waals surface area contributed by atoms with Crippen LogP contribution in [-0.4, -0.2) is 42.2 Å². The standard InChI is InChI=1S/C15H18ClN3O2/c16-13-3-1-2-12-14(20)6-10(18-15(12)13)8-19-4-5-21-11(7-17)9-19/h1-3,6,11H,4-5,7-9,17H2,(H,18,20)/t11-/m0/s1. The fourth-order valence-electron chi connectivity index (χ4n) is 2.68. The van der Waals surface area contributed by atoms with Gasteiger partial charge in [-0.15, -0.1) is 0 Å². The first-order chi connectivity index (χ1) is 10.2. The van der Waals surface area contributed by atoms with Crippen LogP contribution in [0.25, 0.3) is 10.9 Å². The average Bonchev–Trinajstić information content (AvgIpc) is 2.49. The van der Waals surface area contributed by atoms with Gasteiger partial charge in [0.15, 0.2) is 5.43 Å². The monoisotopic (exact) mass is 307 g/mol. The summed E-state index contributed by atoms with van der Waals surface area (Å²) in [5, 5.41) is 1.18. The Balaban J connectivity index is 1.87. The van der Waals surface area contributed by atoms with Gasteiger partial charge in [0.25, 0.3) is 0 Å². The number of H-pyrrole nitrogens is 1. The first-order valence-electron chi connectivity index (χ1n) is 7.02. The highest BCUT2D eigenvalue weighted by Crippen LogP contribution is 2.19. The van der Waals surface area contributed by atoms with E-state index >= 15 is 0 Å². The van der Waals surface area contributed by atoms with E-state index in [-0.39, 0.29) is 11.5 Å². The highest BCUT2D eigenvalue weighted by atomic mass is 35.5. The summed E-state index contributed by atoms with van der Waals surface area (Å²) in [4.78, 5) is 17.7. The number of nitrogens with zero attached hydrogens (tertiary/aromatic N) is 1. The molecule has 0 unspecified atom stereocenters. The molecular weight excluding hydrogens is 290 g/mol. The SMILES string of the molecule is NC[C@H]1CN(Cc2cc(=O)c3cccc(Cl)c3[nH]2)CCO1. The maximum atomic E-state index is 12.2. The van der Waals surface area contributed by atoms with E-state index in [0.29, 0.717) is 35.6 Å². The van der Waals surface area contributed by atoms with Crippen LogP contribution in [0.2, 0.25) is 5.02 Å². The van der Waals surface area contributed by atoms with Crippen molar-refractivity contribution in [2.75, 3.05) is 26.2 Å². The van der Waals surface area contributed by atoms with Gasteiger partial charge < -0.3 is 15.5 Å². The Morgan fingerprint density at radius 1 is 1.48 bits per heavy atom. The summed E-state index contributed by atoms with van der Waals surface area (Å²) in [7, 11) is 0. The summed E-state index contributed by atoms with van der Waals surface area (Å²) in [6.07, 6.45) is 0.0644. The molecule has 3 rings (SSSR count). The summed E-state index contributed by atoms with van der Waals surface area (Å²) in [5.74, 6) is 0. The first kappa shape index (κ1) is 14.5. The van der Waals surface area contributed by atoms with Gasteiger partial charge in [-0.3, -0.25) is 9.69 Å². The van der Waals surface area contributed by atoms with E-state index in [4.69, 9.17) is 22.1 Å². The van der Waals surface area contributed by atoms with Gasteiger partial charge in [0.1, 0.15) is 0 Å². The van der Waals surface area contributed by atoms with Crippen LogP contribution in [0.4, 0.5) is 0 Å². The van der Waals surface area contributed by atoms with E-state index in [9.17, 15) is 4.79 Å². The number of fused-ring (bicyclic) bond motifs is 1. The number of aromatic nitrogens is 1. The zero-order valence-electron chi connectivity index (χ0n) is 11.6. The number of benzene rings is 1. The molecule has 1 aliphatic heterocycles. The van der Waals surface area contributed by atoms with Gasteiger partial charge >= 0.3 is 0 Å². The summed E-state index contributed by atoms with van der Waals surface area (Å²) >= 11 is 6.17. The molecule has 21 heavy (non-hydrogen) atoms. The van der Waals surface area contributed by atoms with Gasteiger partial charge in [0.05, 0.1) is 23.3 Å². The highest BCUT2D eigenvalue weighted by Gasteiger charge is 2.19. The molecule has 0 radical (unpaired) electrons. The minimum atomic E-state index is -0.00937. The van der Waals surface area contributed by atoms with Crippen molar-refractivity contribution < 1.29 is 4.74 Å². The molecule has 112 valence electrons. The molecule has 0 amide bonds. The van der Waals surface area contributed by atoms with Gasteiger partial charge in [-0.2, -0.15) is 0 Å². The lowest BCUT2D eigenvalue weighted by Gasteiger charge is -2.32. The minimum Gasteiger partial charge on any atom is -0.374 e. The lowest BCUT2D eigenvalue weighted by molar-refractivity contribution is -0.0263. The molecule has 1 atom stereocenters. The van der Waals surface area contributed by atoms with E-state index in [1.54, 1.807) is 24.3 Å². The third kappa shape index (κ3) is 3.11. The van der Waals surface area contributed by atoms with E-state index in [0.717, 1.165) is 18.8 Å². The number of morpholine rings is 1. The third-order valence-electron chi connectivity index (χ3n) is 3.75. The Morgan fingerprint density at radius 3 is 3.14 bits per heavy atom. The van der Waals surface area contributed by atoms with Crippen LogP contribution in [0.3, 0.4) is 0 Å². The van der Waals surface area contributed by atoms with Crippen molar-refractivity contribution >= 4 is 22.5 Å². The number of aromatic amines is 1. The van der Waals surface area contributed by atoms with Gasteiger partial charge in [0, 0.05) is 43.3 Å². The second-order valence-electron chi connectivity index (χ2n) is 5.28. The molecule has 2 heterocycles. The Hall–Kier alpha value is -1.40. The van der Waals surface area contributed by atoms with Gasteiger partial charge in [-0.1, -0.05) is 17.7 Å². The minimum absolute atomic E-state index is 0.00937. The number of halogens is 1. The fraction of sp³-hybridized carbons (Fsp3) is 0.400. The quantitative estimate of drug-likeness (QED) is 0.898. The molecule has 1 aliphatic rings. The van der Waals surface area contributed by atoms with Crippen LogP contribution in [0.1, 0.15) is 5.69 Å². The molecule has 1 saturated heterocycles. The largest absolute Gasteiger partial charge is 0.374 e. The summed E-state index contributed by atoms with van der Waals surface area (Å²) in [5.41, 5.74) is 7.20. The lowest BCUT2D eigenvalue weighted by Crippen LogP contribution is -2.45. The molecule has 1 fully saturated rings. The van der Waals surface area contributed by atoms with Crippen LogP contribution in [0, 0.1) is 0 Å². The summed E-state index contributed by atoms with van der Waals surface area (Å²) < 4.78 is 5.55. The molecule has 1 aromatic carbocycles. The number of hydrogen-bond donors (Lipinski definition) is 2. The number of rotatable bonds is 3. The first-order valence-corrected chi connectivity index (χ1v) is 7.39. The lowest BCUT2D eigenvalue weighted by atomic mass is 10.2. The van der Waals surface area contributed by atoms with Crippen molar-refractivity contribution in [1.82, 2.24) is 9.88 Å². The second kappa shape index (κ2) is 6.15. The maximum Gasteiger partial charge on any atom is 0.189 e. The van der Waals surface area contributed by atoms with Crippen molar-refractivity contribution in [2.45, 2.75) is 12.6 Å². The average molecular weight is 308 g/mol. The molecule has 3 N–H and O–H groups in total. The molecule has 0 saturated carbocycles. The Morgan fingerprint density at radius 2 is 2.33 bits per heavy atom. The molecule has 6 heteroatoms. The van der Waals surface area contributed by atoms with Crippen molar-refractivity contribution in [2.24, 2.45) is 5.73 Å².